The molecule has 0 spiro atoms. The Morgan fingerprint density at radius 1 is 1.42 bits per heavy atom. The molecule has 1 fully saturated rings. The normalized spacial score (nSPS) is 17.7. The molecule has 1 atom stereocenters. The number of fused-ring (bicyclic) bond motifs is 1. The van der Waals surface area contributed by atoms with Gasteiger partial charge in [0.25, 0.3) is 10.1 Å². The van der Waals surface area contributed by atoms with Gasteiger partial charge in [0, 0.05) is 11.6 Å². The highest BCUT2D eigenvalue weighted by Crippen LogP contribution is 2.23. The molecule has 2 aromatic rings. The van der Waals surface area contributed by atoms with E-state index in [4.69, 9.17) is 20.9 Å². The van der Waals surface area contributed by atoms with Gasteiger partial charge in [0.15, 0.2) is 0 Å². The third kappa shape index (κ3) is 3.87. The van der Waals surface area contributed by atoms with Crippen LogP contribution in [0.15, 0.2) is 35.4 Å². The molecule has 7 heteroatoms. The monoisotopic (exact) mass is 301 g/mol. The highest BCUT2D eigenvalue weighted by atomic mass is 35.5. The Morgan fingerprint density at radius 3 is 2.58 bits per heavy atom. The number of aromatic nitrogens is 1. The van der Waals surface area contributed by atoms with Gasteiger partial charge >= 0.3 is 0 Å². The summed E-state index contributed by atoms with van der Waals surface area (Å²) in [6.07, 6.45) is 2.11. The molecule has 19 heavy (non-hydrogen) atoms. The largest absolute Gasteiger partial charge is 0.373 e. The van der Waals surface area contributed by atoms with E-state index in [2.05, 4.69) is 11.9 Å². The standard InChI is InChI=1S/C9H6ClNO3S.C3H6O/c10-9-8-5-7(15(12,13)14)2-1-6(8)3-4-11-9;1-3-2-4-3/h1-5H,(H,12,13,14);3H,2H2,1H3. The summed E-state index contributed by atoms with van der Waals surface area (Å²) in [6.45, 7) is 3.04. The summed E-state index contributed by atoms with van der Waals surface area (Å²) in [5.74, 6) is 0. The van der Waals surface area contributed by atoms with Gasteiger partial charge < -0.3 is 4.74 Å². The molecule has 1 N–H and O–H groups in total. The maximum atomic E-state index is 10.9. The number of rotatable bonds is 1. The molecule has 1 aromatic carbocycles. The lowest BCUT2D eigenvalue weighted by atomic mass is 10.2. The Bertz CT molecular complexity index is 698. The molecule has 2 heterocycles. The first-order chi connectivity index (χ1) is 8.88. The predicted octanol–water partition coefficient (Wildman–Crippen LogP) is 2.54. The smallest absolute Gasteiger partial charge is 0.294 e. The highest BCUT2D eigenvalue weighted by Gasteiger charge is 2.13. The molecule has 3 rings (SSSR count). The van der Waals surface area contributed by atoms with Crippen LogP contribution in [-0.4, -0.2) is 30.7 Å². The Morgan fingerprint density at radius 2 is 2.05 bits per heavy atom. The number of pyridine rings is 1. The van der Waals surface area contributed by atoms with Crippen LogP contribution in [0.2, 0.25) is 5.15 Å². The Kier molecular flexibility index (Phi) is 4.05. The van der Waals surface area contributed by atoms with Crippen molar-refractivity contribution in [1.29, 1.82) is 0 Å². The summed E-state index contributed by atoms with van der Waals surface area (Å²) in [5.41, 5.74) is 0. The summed E-state index contributed by atoms with van der Waals surface area (Å²) in [6, 6.07) is 5.87. The number of benzene rings is 1. The molecule has 0 saturated carbocycles. The maximum Gasteiger partial charge on any atom is 0.294 e. The number of halogens is 1. The van der Waals surface area contributed by atoms with E-state index < -0.39 is 10.1 Å². The zero-order valence-electron chi connectivity index (χ0n) is 10.1. The molecule has 0 radical (unpaired) electrons. The molecule has 0 bridgehead atoms. The second-order valence-corrected chi connectivity index (χ2v) is 5.88. The quantitative estimate of drug-likeness (QED) is 0.497. The lowest BCUT2D eigenvalue weighted by molar-refractivity contribution is 0.423. The molecule has 1 unspecified atom stereocenters. The summed E-state index contributed by atoms with van der Waals surface area (Å²) in [7, 11) is -4.20. The van der Waals surface area contributed by atoms with Crippen LogP contribution >= 0.6 is 11.6 Å². The third-order valence-corrected chi connectivity index (χ3v) is 3.64. The summed E-state index contributed by atoms with van der Waals surface area (Å²) < 4.78 is 35.3. The van der Waals surface area contributed by atoms with Crippen LogP contribution in [0.5, 0.6) is 0 Å². The van der Waals surface area contributed by atoms with Crippen LogP contribution in [0, 0.1) is 0 Å². The first-order valence-electron chi connectivity index (χ1n) is 5.51. The van der Waals surface area contributed by atoms with Crippen molar-refractivity contribution in [3.63, 3.8) is 0 Å². The highest BCUT2D eigenvalue weighted by molar-refractivity contribution is 7.85. The van der Waals surface area contributed by atoms with E-state index in [1.165, 1.54) is 18.3 Å². The van der Waals surface area contributed by atoms with Crippen molar-refractivity contribution in [2.24, 2.45) is 0 Å². The van der Waals surface area contributed by atoms with Gasteiger partial charge in [-0.2, -0.15) is 8.42 Å². The first kappa shape index (κ1) is 14.2. The lowest BCUT2D eigenvalue weighted by Crippen LogP contribution is -1.97. The van der Waals surface area contributed by atoms with Crippen LogP contribution in [0.1, 0.15) is 6.92 Å². The van der Waals surface area contributed by atoms with E-state index >= 15 is 0 Å². The average molecular weight is 302 g/mol. The van der Waals surface area contributed by atoms with Gasteiger partial charge in [-0.05, 0) is 30.5 Å². The van der Waals surface area contributed by atoms with Crippen molar-refractivity contribution in [3.05, 3.63) is 35.6 Å². The minimum Gasteiger partial charge on any atom is -0.373 e. The third-order valence-electron chi connectivity index (χ3n) is 2.49. The molecular formula is C12H12ClNO4S. The number of hydrogen-bond donors (Lipinski definition) is 1. The molecule has 1 aliphatic heterocycles. The maximum absolute atomic E-state index is 10.9. The van der Waals surface area contributed by atoms with Gasteiger partial charge in [0.2, 0.25) is 0 Å². The van der Waals surface area contributed by atoms with Gasteiger partial charge in [0.1, 0.15) is 5.15 Å². The van der Waals surface area contributed by atoms with Crippen LogP contribution in [-0.2, 0) is 14.9 Å². The molecule has 0 aliphatic carbocycles. The van der Waals surface area contributed by atoms with Gasteiger partial charge in [-0.25, -0.2) is 4.98 Å². The van der Waals surface area contributed by atoms with Crippen LogP contribution in [0.4, 0.5) is 0 Å². The Labute approximate surface area is 115 Å². The van der Waals surface area contributed by atoms with E-state index in [9.17, 15) is 8.42 Å². The lowest BCUT2D eigenvalue weighted by Gasteiger charge is -2.01. The molecule has 1 aliphatic rings. The van der Waals surface area contributed by atoms with Crippen molar-refractivity contribution in [3.8, 4) is 0 Å². The second-order valence-electron chi connectivity index (χ2n) is 4.10. The molecule has 1 saturated heterocycles. The van der Waals surface area contributed by atoms with E-state index in [1.807, 2.05) is 0 Å². The molecule has 5 nitrogen and oxygen atoms in total. The zero-order chi connectivity index (χ0) is 14.0. The number of ether oxygens (including phenoxy) is 1. The summed E-state index contributed by atoms with van der Waals surface area (Å²) in [5, 5.41) is 1.47. The molecule has 102 valence electrons. The van der Waals surface area contributed by atoms with Gasteiger partial charge in [-0.3, -0.25) is 4.55 Å². The fourth-order valence-electron chi connectivity index (χ4n) is 1.37. The van der Waals surface area contributed by atoms with Crippen molar-refractivity contribution < 1.29 is 17.7 Å². The van der Waals surface area contributed by atoms with Crippen molar-refractivity contribution in [2.45, 2.75) is 17.9 Å². The molecular weight excluding hydrogens is 290 g/mol. The first-order valence-corrected chi connectivity index (χ1v) is 7.33. The molecule has 0 amide bonds. The van der Waals surface area contributed by atoms with Crippen molar-refractivity contribution in [1.82, 2.24) is 4.98 Å². The van der Waals surface area contributed by atoms with Crippen LogP contribution in [0.25, 0.3) is 10.8 Å². The topological polar surface area (TPSA) is 79.8 Å². The van der Waals surface area contributed by atoms with Crippen LogP contribution < -0.4 is 0 Å². The van der Waals surface area contributed by atoms with Crippen molar-refractivity contribution in [2.75, 3.05) is 6.61 Å². The predicted molar refractivity (Wildman–Crippen MR) is 72.0 cm³/mol. The van der Waals surface area contributed by atoms with E-state index in [-0.39, 0.29) is 10.0 Å². The molecule has 1 aromatic heterocycles. The SMILES string of the molecule is CC1CO1.O=S(=O)(O)c1ccc2ccnc(Cl)c2c1. The average Bonchev–Trinajstić information content (AvgIpc) is 3.11. The Hall–Kier alpha value is -1.21. The number of nitrogens with zero attached hydrogens (tertiary/aromatic N) is 1. The zero-order valence-corrected chi connectivity index (χ0v) is 11.6. The fraction of sp³-hybridized carbons (Fsp3) is 0.250. The number of epoxide rings is 1. The van der Waals surface area contributed by atoms with E-state index in [0.29, 0.717) is 11.5 Å². The van der Waals surface area contributed by atoms with Crippen molar-refractivity contribution >= 4 is 32.5 Å². The number of hydrogen-bond acceptors (Lipinski definition) is 4. The fourth-order valence-corrected chi connectivity index (χ4v) is 2.10. The Balaban J connectivity index is 0.000000284. The summed E-state index contributed by atoms with van der Waals surface area (Å²) >= 11 is 5.79. The van der Waals surface area contributed by atoms with E-state index in [0.717, 1.165) is 12.0 Å². The minimum absolute atomic E-state index is 0.190. The van der Waals surface area contributed by atoms with Crippen LogP contribution in [0.3, 0.4) is 0 Å². The minimum atomic E-state index is -4.20. The van der Waals surface area contributed by atoms with Gasteiger partial charge in [-0.15, -0.1) is 0 Å². The van der Waals surface area contributed by atoms with Gasteiger partial charge in [-0.1, -0.05) is 17.7 Å². The second kappa shape index (κ2) is 5.42. The van der Waals surface area contributed by atoms with Gasteiger partial charge in [0.05, 0.1) is 17.6 Å². The summed E-state index contributed by atoms with van der Waals surface area (Å²) in [4.78, 5) is 3.63. The van der Waals surface area contributed by atoms with E-state index in [1.54, 1.807) is 12.1 Å².